The molecule has 1 aromatic carbocycles. The zero-order chi connectivity index (χ0) is 13.8. The highest BCUT2D eigenvalue weighted by Crippen LogP contribution is 2.14. The van der Waals surface area contributed by atoms with E-state index in [0.717, 1.165) is 0 Å². The molecule has 1 aromatic rings. The molecule has 0 aliphatic carbocycles. The van der Waals surface area contributed by atoms with Crippen LogP contribution in [0.4, 0.5) is 0 Å². The van der Waals surface area contributed by atoms with E-state index in [0.29, 0.717) is 0 Å². The number of hydrogen-bond acceptors (Lipinski definition) is 3. The Morgan fingerprint density at radius 1 is 1.28 bits per heavy atom. The van der Waals surface area contributed by atoms with Crippen LogP contribution in [-0.4, -0.2) is 26.0 Å². The first kappa shape index (κ1) is 15.2. The Balaban J connectivity index is 2.62. The van der Waals surface area contributed by atoms with E-state index in [2.05, 4.69) is 37.4 Å². The summed E-state index contributed by atoms with van der Waals surface area (Å²) < 4.78 is 23.1. The normalized spacial score (nSPS) is 15.3. The van der Waals surface area contributed by atoms with Crippen molar-refractivity contribution in [2.24, 2.45) is 0 Å². The lowest BCUT2D eigenvalue weighted by Crippen LogP contribution is -2.35. The zero-order valence-electron chi connectivity index (χ0n) is 11.6. The predicted octanol–water partition coefficient (Wildman–Crippen LogP) is 2.47. The molecule has 0 aliphatic rings. The lowest BCUT2D eigenvalue weighted by atomic mass is 10.1. The topological polar surface area (TPSA) is 46.2 Å². The number of rotatable bonds is 6. The summed E-state index contributed by atoms with van der Waals surface area (Å²) in [7, 11) is -2.92. The van der Waals surface area contributed by atoms with Gasteiger partial charge >= 0.3 is 0 Å². The summed E-state index contributed by atoms with van der Waals surface area (Å²) in [6, 6.07) is 8.39. The minimum absolute atomic E-state index is 0.0366. The molecule has 0 saturated carbocycles. The van der Waals surface area contributed by atoms with Crippen molar-refractivity contribution >= 4 is 9.84 Å². The molecule has 0 radical (unpaired) electrons. The summed E-state index contributed by atoms with van der Waals surface area (Å²) in [5, 5.41) is 3.33. The van der Waals surface area contributed by atoms with Crippen LogP contribution >= 0.6 is 0 Å². The first-order chi connectivity index (χ1) is 8.34. The van der Waals surface area contributed by atoms with Gasteiger partial charge in [-0.05, 0) is 26.3 Å². The number of nitrogens with one attached hydrogen (secondary N) is 1. The molecule has 1 rings (SSSR count). The van der Waals surface area contributed by atoms with Gasteiger partial charge in [-0.2, -0.15) is 0 Å². The third kappa shape index (κ3) is 4.78. The van der Waals surface area contributed by atoms with Crippen LogP contribution in [0.1, 0.15) is 37.9 Å². The number of benzene rings is 1. The number of aryl methyl sites for hydroxylation is 1. The zero-order valence-corrected chi connectivity index (χ0v) is 12.4. The molecule has 0 aliphatic heterocycles. The largest absolute Gasteiger partial charge is 0.307 e. The monoisotopic (exact) mass is 269 g/mol. The average Bonchev–Trinajstić information content (AvgIpc) is 2.28. The lowest BCUT2D eigenvalue weighted by molar-refractivity contribution is 0.499. The quantitative estimate of drug-likeness (QED) is 0.863. The molecular weight excluding hydrogens is 246 g/mol. The maximum absolute atomic E-state index is 11.5. The first-order valence-electron chi connectivity index (χ1n) is 6.37. The van der Waals surface area contributed by atoms with Crippen LogP contribution in [0.2, 0.25) is 0 Å². The summed E-state index contributed by atoms with van der Waals surface area (Å²) >= 11 is 0. The molecule has 0 bridgehead atoms. The Morgan fingerprint density at radius 2 is 1.94 bits per heavy atom. The molecule has 0 saturated heterocycles. The standard InChI is InChI=1S/C14H23NO2S/c1-5-18(16,17)10-12(3)15-13(4)14-8-6-7-11(2)9-14/h6-9,12-13,15H,5,10H2,1-4H3/t12?,13-/m0/s1. The van der Waals surface area contributed by atoms with Gasteiger partial charge in [-0.3, -0.25) is 0 Å². The van der Waals surface area contributed by atoms with Crippen LogP contribution in [0, 0.1) is 6.92 Å². The minimum Gasteiger partial charge on any atom is -0.307 e. The van der Waals surface area contributed by atoms with Crippen LogP contribution < -0.4 is 5.32 Å². The van der Waals surface area contributed by atoms with Crippen molar-refractivity contribution in [2.45, 2.75) is 39.8 Å². The van der Waals surface area contributed by atoms with E-state index in [4.69, 9.17) is 0 Å². The van der Waals surface area contributed by atoms with E-state index in [1.54, 1.807) is 6.92 Å². The molecule has 2 atom stereocenters. The smallest absolute Gasteiger partial charge is 0.151 e. The Kier molecular flexibility index (Phi) is 5.35. The van der Waals surface area contributed by atoms with Crippen molar-refractivity contribution in [3.63, 3.8) is 0 Å². The summed E-state index contributed by atoms with van der Waals surface area (Å²) in [6.45, 7) is 7.72. The first-order valence-corrected chi connectivity index (χ1v) is 8.19. The van der Waals surface area contributed by atoms with Crippen LogP contribution in [0.25, 0.3) is 0 Å². The molecular formula is C14H23NO2S. The van der Waals surface area contributed by atoms with Gasteiger partial charge in [0.2, 0.25) is 0 Å². The summed E-state index contributed by atoms with van der Waals surface area (Å²) in [6.07, 6.45) is 0. The fourth-order valence-electron chi connectivity index (χ4n) is 2.01. The van der Waals surface area contributed by atoms with Gasteiger partial charge in [0.05, 0.1) is 5.75 Å². The number of sulfone groups is 1. The summed E-state index contributed by atoms with van der Waals surface area (Å²) in [5.41, 5.74) is 2.41. The van der Waals surface area contributed by atoms with Gasteiger partial charge in [0.25, 0.3) is 0 Å². The molecule has 0 heterocycles. The van der Waals surface area contributed by atoms with E-state index in [9.17, 15) is 8.42 Å². The molecule has 1 unspecified atom stereocenters. The molecule has 18 heavy (non-hydrogen) atoms. The molecule has 102 valence electrons. The molecule has 1 N–H and O–H groups in total. The highest BCUT2D eigenvalue weighted by Gasteiger charge is 2.16. The third-order valence-electron chi connectivity index (χ3n) is 3.02. The van der Waals surface area contributed by atoms with Gasteiger partial charge in [-0.1, -0.05) is 36.8 Å². The molecule has 4 heteroatoms. The number of hydrogen-bond donors (Lipinski definition) is 1. The van der Waals surface area contributed by atoms with Crippen molar-refractivity contribution in [1.29, 1.82) is 0 Å². The molecule has 3 nitrogen and oxygen atoms in total. The van der Waals surface area contributed by atoms with Crippen LogP contribution in [0.3, 0.4) is 0 Å². The van der Waals surface area contributed by atoms with Gasteiger partial charge in [0, 0.05) is 17.8 Å². The van der Waals surface area contributed by atoms with Crippen LogP contribution in [0.5, 0.6) is 0 Å². The third-order valence-corrected chi connectivity index (χ3v) is 4.91. The van der Waals surface area contributed by atoms with Crippen molar-refractivity contribution in [3.8, 4) is 0 Å². The fourth-order valence-corrected chi connectivity index (χ4v) is 3.10. The van der Waals surface area contributed by atoms with Gasteiger partial charge < -0.3 is 5.32 Å². The van der Waals surface area contributed by atoms with E-state index < -0.39 is 9.84 Å². The molecule has 0 fully saturated rings. The van der Waals surface area contributed by atoms with Gasteiger partial charge in [-0.15, -0.1) is 0 Å². The van der Waals surface area contributed by atoms with E-state index in [1.807, 2.05) is 13.0 Å². The predicted molar refractivity (Wildman–Crippen MR) is 76.5 cm³/mol. The van der Waals surface area contributed by atoms with Crippen molar-refractivity contribution < 1.29 is 8.42 Å². The summed E-state index contributed by atoms with van der Waals surface area (Å²) in [4.78, 5) is 0. The molecule has 0 spiro atoms. The van der Waals surface area contributed by atoms with Crippen molar-refractivity contribution in [3.05, 3.63) is 35.4 Å². The van der Waals surface area contributed by atoms with Crippen molar-refractivity contribution in [2.75, 3.05) is 11.5 Å². The lowest BCUT2D eigenvalue weighted by Gasteiger charge is -2.20. The second kappa shape index (κ2) is 6.34. The van der Waals surface area contributed by atoms with Gasteiger partial charge in [0.15, 0.2) is 9.84 Å². The summed E-state index contributed by atoms with van der Waals surface area (Å²) in [5.74, 6) is 0.400. The van der Waals surface area contributed by atoms with E-state index in [1.165, 1.54) is 11.1 Å². The van der Waals surface area contributed by atoms with E-state index >= 15 is 0 Å². The SMILES string of the molecule is CCS(=O)(=O)CC(C)N[C@@H](C)c1cccc(C)c1. The van der Waals surface area contributed by atoms with Crippen LogP contribution in [-0.2, 0) is 9.84 Å². The average molecular weight is 269 g/mol. The Labute approximate surface area is 111 Å². The second-order valence-electron chi connectivity index (χ2n) is 4.90. The van der Waals surface area contributed by atoms with E-state index in [-0.39, 0.29) is 23.6 Å². The second-order valence-corrected chi connectivity index (χ2v) is 7.30. The minimum atomic E-state index is -2.92. The highest BCUT2D eigenvalue weighted by molar-refractivity contribution is 7.91. The van der Waals surface area contributed by atoms with Gasteiger partial charge in [0.1, 0.15) is 0 Å². The maximum Gasteiger partial charge on any atom is 0.151 e. The highest BCUT2D eigenvalue weighted by atomic mass is 32.2. The maximum atomic E-state index is 11.5. The van der Waals surface area contributed by atoms with Crippen LogP contribution in [0.15, 0.2) is 24.3 Å². The molecule has 0 amide bonds. The Morgan fingerprint density at radius 3 is 2.50 bits per heavy atom. The van der Waals surface area contributed by atoms with Gasteiger partial charge in [-0.25, -0.2) is 8.42 Å². The Hall–Kier alpha value is -0.870. The Bertz CT molecular complexity index is 482. The fraction of sp³-hybridized carbons (Fsp3) is 0.571. The van der Waals surface area contributed by atoms with Crippen molar-refractivity contribution in [1.82, 2.24) is 5.32 Å². The molecule has 0 aromatic heterocycles.